The number of nitrogens with one attached hydrogen (secondary N) is 1. The summed E-state index contributed by atoms with van der Waals surface area (Å²) in [6.07, 6.45) is 0.126. The summed E-state index contributed by atoms with van der Waals surface area (Å²) in [5, 5.41) is 3.31. The van der Waals surface area contributed by atoms with Gasteiger partial charge in [0.25, 0.3) is 0 Å². The molecule has 5 heteroatoms. The van der Waals surface area contributed by atoms with Gasteiger partial charge in [0.2, 0.25) is 0 Å². The van der Waals surface area contributed by atoms with Crippen molar-refractivity contribution in [3.63, 3.8) is 0 Å². The van der Waals surface area contributed by atoms with E-state index >= 15 is 0 Å². The standard InChI is InChI=1S/C15H17BrClNO2/c1-15(2,3)20-14(19)18-9-5-4-6-11-7-8-12(17)10-13(11)16/h7-8,10H,5,9H2,1-3H3,(H,18,19). The van der Waals surface area contributed by atoms with E-state index in [9.17, 15) is 4.79 Å². The van der Waals surface area contributed by atoms with Gasteiger partial charge in [-0.1, -0.05) is 23.4 Å². The molecular formula is C15H17BrClNO2. The Morgan fingerprint density at radius 1 is 1.45 bits per heavy atom. The Bertz CT molecular complexity index is 541. The van der Waals surface area contributed by atoms with E-state index in [4.69, 9.17) is 16.3 Å². The molecule has 108 valence electrons. The van der Waals surface area contributed by atoms with Gasteiger partial charge in [-0.15, -0.1) is 0 Å². The van der Waals surface area contributed by atoms with Gasteiger partial charge in [-0.25, -0.2) is 4.79 Å². The summed E-state index contributed by atoms with van der Waals surface area (Å²) in [5.74, 6) is 6.00. The zero-order valence-electron chi connectivity index (χ0n) is 11.7. The molecule has 0 saturated carbocycles. The number of hydrogen-bond acceptors (Lipinski definition) is 2. The molecule has 0 bridgehead atoms. The highest BCUT2D eigenvalue weighted by atomic mass is 79.9. The maximum absolute atomic E-state index is 11.4. The van der Waals surface area contributed by atoms with E-state index in [0.29, 0.717) is 18.0 Å². The van der Waals surface area contributed by atoms with Crippen LogP contribution < -0.4 is 5.32 Å². The predicted molar refractivity (Wildman–Crippen MR) is 84.9 cm³/mol. The zero-order valence-corrected chi connectivity index (χ0v) is 14.1. The Morgan fingerprint density at radius 3 is 2.75 bits per heavy atom. The SMILES string of the molecule is CC(C)(C)OC(=O)NCCC#Cc1ccc(Cl)cc1Br. The summed E-state index contributed by atoms with van der Waals surface area (Å²) in [6.45, 7) is 5.92. The molecule has 0 atom stereocenters. The number of carbonyl (C=O) groups is 1. The smallest absolute Gasteiger partial charge is 0.407 e. The second-order valence-corrected chi connectivity index (χ2v) is 6.40. The number of alkyl carbamates (subject to hydrolysis) is 1. The molecule has 0 spiro atoms. The van der Waals surface area contributed by atoms with Gasteiger partial charge in [-0.2, -0.15) is 0 Å². The van der Waals surface area contributed by atoms with Gasteiger partial charge in [0.15, 0.2) is 0 Å². The van der Waals surface area contributed by atoms with Gasteiger partial charge in [-0.05, 0) is 54.9 Å². The molecule has 1 rings (SSSR count). The second-order valence-electron chi connectivity index (χ2n) is 5.10. The molecule has 0 radical (unpaired) electrons. The van der Waals surface area contributed by atoms with Gasteiger partial charge in [0.05, 0.1) is 0 Å². The molecular weight excluding hydrogens is 342 g/mol. The summed E-state index contributed by atoms with van der Waals surface area (Å²) in [7, 11) is 0. The minimum atomic E-state index is -0.482. The minimum Gasteiger partial charge on any atom is -0.444 e. The molecule has 0 aliphatic carbocycles. The third kappa shape index (κ3) is 6.83. The third-order valence-corrected chi connectivity index (χ3v) is 2.96. The van der Waals surface area contributed by atoms with Gasteiger partial charge in [0, 0.05) is 28.0 Å². The fourth-order valence-electron chi connectivity index (χ4n) is 1.29. The van der Waals surface area contributed by atoms with Crippen molar-refractivity contribution in [3.8, 4) is 11.8 Å². The fourth-order valence-corrected chi connectivity index (χ4v) is 2.07. The monoisotopic (exact) mass is 357 g/mol. The average molecular weight is 359 g/mol. The second kappa shape index (κ2) is 7.56. The zero-order chi connectivity index (χ0) is 15.2. The maximum atomic E-state index is 11.4. The largest absolute Gasteiger partial charge is 0.444 e. The van der Waals surface area contributed by atoms with Crippen molar-refractivity contribution in [2.24, 2.45) is 0 Å². The van der Waals surface area contributed by atoms with Crippen molar-refractivity contribution < 1.29 is 9.53 Å². The molecule has 0 unspecified atom stereocenters. The predicted octanol–water partition coefficient (Wildman–Crippen LogP) is 4.37. The highest BCUT2D eigenvalue weighted by Crippen LogP contribution is 2.20. The first kappa shape index (κ1) is 16.9. The average Bonchev–Trinajstić information content (AvgIpc) is 2.28. The van der Waals surface area contributed by atoms with Crippen LogP contribution in [0.25, 0.3) is 0 Å². The summed E-state index contributed by atoms with van der Waals surface area (Å²) >= 11 is 9.24. The van der Waals surface area contributed by atoms with E-state index in [1.54, 1.807) is 12.1 Å². The van der Waals surface area contributed by atoms with Gasteiger partial charge < -0.3 is 10.1 Å². The van der Waals surface area contributed by atoms with Gasteiger partial charge in [-0.3, -0.25) is 0 Å². The van der Waals surface area contributed by atoms with E-state index in [0.717, 1.165) is 10.0 Å². The minimum absolute atomic E-state index is 0.424. The van der Waals surface area contributed by atoms with E-state index in [1.165, 1.54) is 0 Å². The van der Waals surface area contributed by atoms with Crippen LogP contribution in [0.1, 0.15) is 32.8 Å². The molecule has 0 fully saturated rings. The van der Waals surface area contributed by atoms with Crippen molar-refractivity contribution >= 4 is 33.6 Å². The van der Waals surface area contributed by atoms with Crippen molar-refractivity contribution in [1.82, 2.24) is 5.32 Å². The summed E-state index contributed by atoms with van der Waals surface area (Å²) < 4.78 is 5.97. The molecule has 20 heavy (non-hydrogen) atoms. The lowest BCUT2D eigenvalue weighted by atomic mass is 10.2. The number of benzene rings is 1. The number of hydrogen-bond donors (Lipinski definition) is 1. The number of rotatable bonds is 2. The number of halogens is 2. The number of carbonyl (C=O) groups excluding carboxylic acids is 1. The lowest BCUT2D eigenvalue weighted by Gasteiger charge is -2.19. The Morgan fingerprint density at radius 2 is 2.15 bits per heavy atom. The van der Waals surface area contributed by atoms with Crippen molar-refractivity contribution in [1.29, 1.82) is 0 Å². The van der Waals surface area contributed by atoms with Crippen LogP contribution in [0.4, 0.5) is 4.79 Å². The molecule has 3 nitrogen and oxygen atoms in total. The lowest BCUT2D eigenvalue weighted by Crippen LogP contribution is -2.32. The van der Waals surface area contributed by atoms with Crippen molar-refractivity contribution in [3.05, 3.63) is 33.3 Å². The van der Waals surface area contributed by atoms with E-state index < -0.39 is 11.7 Å². The number of ether oxygens (including phenoxy) is 1. The summed E-state index contributed by atoms with van der Waals surface area (Å²) in [4.78, 5) is 11.4. The first-order chi connectivity index (χ1) is 9.28. The Kier molecular flexibility index (Phi) is 6.38. The van der Waals surface area contributed by atoms with E-state index in [1.807, 2.05) is 26.8 Å². The molecule has 1 aromatic rings. The van der Waals surface area contributed by atoms with Crippen LogP contribution in [0.2, 0.25) is 5.02 Å². The Hall–Kier alpha value is -1.18. The molecule has 1 amide bonds. The first-order valence-electron chi connectivity index (χ1n) is 6.19. The quantitative estimate of drug-likeness (QED) is 0.630. The lowest BCUT2D eigenvalue weighted by molar-refractivity contribution is 0.0529. The summed E-state index contributed by atoms with van der Waals surface area (Å²) in [6, 6.07) is 5.43. The van der Waals surface area contributed by atoms with E-state index in [2.05, 4.69) is 33.1 Å². The molecule has 0 aliphatic heterocycles. The number of amides is 1. The van der Waals surface area contributed by atoms with Crippen LogP contribution in [0.15, 0.2) is 22.7 Å². The fraction of sp³-hybridized carbons (Fsp3) is 0.400. The normalized spacial score (nSPS) is 10.4. The third-order valence-electron chi connectivity index (χ3n) is 2.07. The molecule has 1 aromatic carbocycles. The summed E-state index contributed by atoms with van der Waals surface area (Å²) in [5.41, 5.74) is 0.385. The Labute approximate surface area is 133 Å². The highest BCUT2D eigenvalue weighted by Gasteiger charge is 2.15. The van der Waals surface area contributed by atoms with Gasteiger partial charge in [0.1, 0.15) is 5.60 Å². The van der Waals surface area contributed by atoms with Crippen LogP contribution in [-0.4, -0.2) is 18.2 Å². The van der Waals surface area contributed by atoms with Crippen LogP contribution in [0.5, 0.6) is 0 Å². The molecule has 1 N–H and O–H groups in total. The van der Waals surface area contributed by atoms with Crippen LogP contribution in [-0.2, 0) is 4.74 Å². The van der Waals surface area contributed by atoms with Crippen LogP contribution in [0, 0.1) is 11.8 Å². The molecule has 0 heterocycles. The molecule has 0 aliphatic rings. The van der Waals surface area contributed by atoms with Crippen LogP contribution in [0.3, 0.4) is 0 Å². The van der Waals surface area contributed by atoms with Crippen LogP contribution >= 0.6 is 27.5 Å². The Balaban J connectivity index is 2.38. The van der Waals surface area contributed by atoms with Crippen molar-refractivity contribution in [2.75, 3.05) is 6.54 Å². The topological polar surface area (TPSA) is 38.3 Å². The maximum Gasteiger partial charge on any atom is 0.407 e. The van der Waals surface area contributed by atoms with E-state index in [-0.39, 0.29) is 0 Å². The highest BCUT2D eigenvalue weighted by molar-refractivity contribution is 9.10. The first-order valence-corrected chi connectivity index (χ1v) is 7.36. The molecule has 0 aromatic heterocycles. The van der Waals surface area contributed by atoms with Gasteiger partial charge >= 0.3 is 6.09 Å². The molecule has 0 saturated heterocycles. The van der Waals surface area contributed by atoms with Crippen molar-refractivity contribution in [2.45, 2.75) is 32.8 Å².